The van der Waals surface area contributed by atoms with Gasteiger partial charge in [0.05, 0.1) is 24.3 Å². The maximum absolute atomic E-state index is 11.9. The van der Waals surface area contributed by atoms with Gasteiger partial charge in [-0.05, 0) is 268 Å². The fourth-order valence-electron chi connectivity index (χ4n) is 6.30. The normalized spacial score (nSPS) is 15.0. The van der Waals surface area contributed by atoms with Crippen molar-refractivity contribution < 1.29 is 33.7 Å². The van der Waals surface area contributed by atoms with Crippen LogP contribution in [-0.2, 0) is 14.2 Å². The van der Waals surface area contributed by atoms with Gasteiger partial charge in [-0.3, -0.25) is 0 Å². The summed E-state index contributed by atoms with van der Waals surface area (Å²) in [6.07, 6.45) is 7.06. The molecule has 37 atom stereocenters. The molecular weight excluding hydrogens is 2300 g/mol. The first-order valence-corrected chi connectivity index (χ1v) is 129. The highest BCUT2D eigenvalue weighted by molar-refractivity contribution is 9.45. The fraction of sp³-hybridized carbons (Fsp3) is 0.485. The molecule has 0 bridgehead atoms. The lowest BCUT2D eigenvalue weighted by molar-refractivity contribution is 0.0499. The Balaban J connectivity index is -0.00000126. The highest BCUT2D eigenvalue weighted by Gasteiger charge is 2.51. The number of amides is 2. The van der Waals surface area contributed by atoms with Crippen LogP contribution in [0.25, 0.3) is 0 Å². The number of hydrogen-bond donors (Lipinski definition) is 3. The average Bonchev–Trinajstić information content (AvgIpc) is 0.778. The van der Waals surface area contributed by atoms with Crippen LogP contribution in [0.1, 0.15) is 78.6 Å². The van der Waals surface area contributed by atoms with Crippen molar-refractivity contribution in [2.45, 2.75) is 91.5 Å². The molecule has 0 aliphatic heterocycles. The molecule has 0 fully saturated rings. The molecule has 66 heteroatoms. The molecule has 0 aromatic heterocycles. The van der Waals surface area contributed by atoms with Crippen LogP contribution in [0.3, 0.4) is 0 Å². The van der Waals surface area contributed by atoms with Gasteiger partial charge in [-0.25, -0.2) is 14.4 Å². The Kier molecular flexibility index (Phi) is 87.0. The van der Waals surface area contributed by atoms with Gasteiger partial charge in [0.2, 0.25) is 0 Å². The zero-order chi connectivity index (χ0) is 78.1. The number of benzene rings is 1. The van der Waals surface area contributed by atoms with Crippen LogP contribution >= 0.6 is 457 Å². The van der Waals surface area contributed by atoms with Gasteiger partial charge < -0.3 is 30.0 Å². The minimum Gasteiger partial charge on any atom is -0.458 e. The molecule has 1 aromatic rings. The Morgan fingerprint density at radius 3 is 0.980 bits per heavy atom. The summed E-state index contributed by atoms with van der Waals surface area (Å²) in [6.45, 7) is 22.2. The van der Waals surface area contributed by atoms with Crippen LogP contribution in [0, 0.1) is 0 Å². The first-order chi connectivity index (χ1) is 45.4. The van der Waals surface area contributed by atoms with E-state index in [-0.39, 0.29) is 213 Å². The largest absolute Gasteiger partial charge is 0.458 e. The van der Waals surface area contributed by atoms with Gasteiger partial charge >= 0.3 is 18.2 Å². The highest BCUT2D eigenvalue weighted by Crippen LogP contribution is 3.39. The van der Waals surface area contributed by atoms with E-state index in [1.54, 1.807) is 69.3 Å². The van der Waals surface area contributed by atoms with Crippen LogP contribution in [0.2, 0.25) is 0 Å². The monoisotopic (exact) mass is 2410 g/mol. The lowest BCUT2D eigenvalue weighted by Gasteiger charge is -2.51. The van der Waals surface area contributed by atoms with Crippen LogP contribution < -0.4 is 10.6 Å². The summed E-state index contributed by atoms with van der Waals surface area (Å²) in [6, 6.07) is 8.35. The molecule has 0 heterocycles. The predicted octanol–water partition coefficient (Wildman–Crippen LogP) is 39.4. The van der Waals surface area contributed by atoms with E-state index < -0.39 is 23.4 Å². The van der Waals surface area contributed by atoms with E-state index in [9.17, 15) is 14.4 Å². The maximum Gasteiger partial charge on any atom is 0.408 e. The maximum atomic E-state index is 11.9. The molecule has 0 aliphatic carbocycles. The number of ether oxygens (including phenoxy) is 3. The Bertz CT molecular complexity index is 2370. The molecule has 35 unspecified atom stereocenters. The van der Waals surface area contributed by atoms with E-state index in [1.807, 2.05) is 40.7 Å². The average molecular weight is 2410 g/mol. The predicted molar refractivity (Wildman–Crippen MR) is 647 cm³/mol. The van der Waals surface area contributed by atoms with E-state index in [4.69, 9.17) is 19.3 Å². The first kappa shape index (κ1) is 124. The van der Waals surface area contributed by atoms with Gasteiger partial charge in [-0.2, -0.15) is 0 Å². The van der Waals surface area contributed by atoms with Crippen LogP contribution in [0.4, 0.5) is 9.59 Å². The smallest absolute Gasteiger partial charge is 0.408 e. The van der Waals surface area contributed by atoms with Crippen molar-refractivity contribution >= 4 is 476 Å². The fourth-order valence-corrected chi connectivity index (χ4v) is 736. The van der Waals surface area contributed by atoms with Crippen LogP contribution in [0.5, 0.6) is 0 Å². The second-order valence-electron chi connectivity index (χ2n) is 20.2. The third-order valence-corrected chi connectivity index (χ3v) is 385. The van der Waals surface area contributed by atoms with Crippen molar-refractivity contribution in [1.29, 1.82) is 0 Å². The summed E-state index contributed by atoms with van der Waals surface area (Å²) in [7, 11) is 99.1. The van der Waals surface area contributed by atoms with Crippen molar-refractivity contribution in [2.24, 2.45) is 0 Å². The molecule has 580 valence electrons. The second kappa shape index (κ2) is 69.6. The van der Waals surface area contributed by atoms with E-state index in [0.29, 0.717) is 18.4 Å². The van der Waals surface area contributed by atoms with Crippen molar-refractivity contribution in [3.63, 3.8) is 0 Å². The lowest BCUT2D eigenvalue weighted by Crippen LogP contribution is -2.39. The lowest BCUT2D eigenvalue weighted by atomic mass is 10.1. The molecular formula is C33H111N2O7P57. The zero-order valence-corrected chi connectivity index (χ0v) is 115. The summed E-state index contributed by atoms with van der Waals surface area (Å²) in [5.74, 6) is -0.384. The minimum atomic E-state index is -0.564. The zero-order valence-electron chi connectivity index (χ0n) is 55.9. The Morgan fingerprint density at radius 1 is 0.444 bits per heavy atom. The summed E-state index contributed by atoms with van der Waals surface area (Å²) in [4.78, 5) is 35.4. The van der Waals surface area contributed by atoms with Gasteiger partial charge in [-0.1, -0.05) is 55.5 Å². The van der Waals surface area contributed by atoms with E-state index >= 15 is 0 Å². The third-order valence-electron chi connectivity index (χ3n) is 10.0. The molecule has 0 spiro atoms. The van der Waals surface area contributed by atoms with Gasteiger partial charge in [-0.15, -0.1) is 281 Å². The highest BCUT2D eigenvalue weighted by atomic mass is 33.5. The molecule has 1 rings (SSSR count). The number of rotatable bonds is 37. The molecule has 0 radical (unpaired) electrons. The van der Waals surface area contributed by atoms with Crippen molar-refractivity contribution in [3.8, 4) is 0 Å². The number of aliphatic hydroxyl groups excluding tert-OH is 1. The summed E-state index contributed by atoms with van der Waals surface area (Å²) >= 11 is 0. The topological polar surface area (TPSA) is 123 Å². The second-order valence-corrected chi connectivity index (χ2v) is 248. The molecule has 2 amide bonds. The van der Waals surface area contributed by atoms with E-state index in [2.05, 4.69) is 292 Å². The van der Waals surface area contributed by atoms with E-state index in [0.717, 1.165) is 19.1 Å². The number of nitrogens with one attached hydrogen (secondary N) is 2. The number of hydrogen-bond acceptors (Lipinski definition) is 7. The van der Waals surface area contributed by atoms with Crippen molar-refractivity contribution in [1.82, 2.24) is 10.6 Å². The molecule has 99 heavy (non-hydrogen) atoms. The van der Waals surface area contributed by atoms with Gasteiger partial charge in [0, 0.05) is 0 Å². The molecule has 0 aliphatic rings. The summed E-state index contributed by atoms with van der Waals surface area (Å²) in [5, 5.41) is 14.4. The van der Waals surface area contributed by atoms with Crippen molar-refractivity contribution in [2.75, 3.05) is 13.2 Å². The summed E-state index contributed by atoms with van der Waals surface area (Å²) < 4.78 is 15.7. The van der Waals surface area contributed by atoms with Gasteiger partial charge in [0.1, 0.15) is 17.8 Å². The number of alkyl carbamates (subject to hydrolysis) is 2. The molecule has 0 saturated carbocycles. The first-order valence-electron chi connectivity index (χ1n) is 26.7. The third kappa shape index (κ3) is 54.8. The number of esters is 1. The van der Waals surface area contributed by atoms with Crippen LogP contribution in [0.15, 0.2) is 78.9 Å². The van der Waals surface area contributed by atoms with Gasteiger partial charge in [0.25, 0.3) is 0 Å². The van der Waals surface area contributed by atoms with Gasteiger partial charge in [0.15, 0.2) is 0 Å². The van der Waals surface area contributed by atoms with Crippen molar-refractivity contribution in [3.05, 3.63) is 84.5 Å². The molecule has 3 N–H and O–H groups in total. The van der Waals surface area contributed by atoms with Crippen LogP contribution in [-0.4, -0.2) is 59.8 Å². The Morgan fingerprint density at radius 2 is 0.727 bits per heavy atom. The summed E-state index contributed by atoms with van der Waals surface area (Å²) in [5.41, 5.74) is 1.18. The standard InChI is InChI=1S/C20H27NO4.C13H23NO3.H31P29.H30P28/c1-6-10-17(21-19(23)25-20(3,4)5)15(2)13-14-24-18(22)16-11-8-7-9-12-16;1-6-7-11(10(2)8-9-15)14-12(16)17-13(3,4)5;1-16-24(17(2)3)28(25(18(4)5)19(6)7)29(26(20(8)9)21(10)11)27(22(12)13)23(14)15;1-16(2)23(15)27(24(17(3)4)18(5)6)28(25(19(7)8)20(9)10)26(21(11)12)22(13)14/h6-9,11-13,17H,1,10,14H2,2-5H3,(H,21,23);6,8,11,15H,1,7,9H2,2-5H3,(H,14,16);16H,1-15H2;1-15H2/b15-13+;10-8+;;/t17-;11-;;/m00../s1. The quantitative estimate of drug-likeness (QED) is 0.0262. The van der Waals surface area contributed by atoms with E-state index in [1.165, 1.54) is 0 Å². The molecule has 1 aromatic carbocycles. The molecule has 9 nitrogen and oxygen atoms in total. The Labute approximate surface area is 700 Å². The number of carbonyl (C=O) groups is 3. The number of aliphatic hydroxyl groups is 1. The number of carbonyl (C=O) groups excluding carboxylic acids is 3. The Hall–Kier alpha value is 20.7. The molecule has 0 saturated heterocycles. The minimum absolute atomic E-state index is 0.00189. The SMILES string of the molecule is C=CC[C@H](NC(=O)OC(C)(C)C)/C(C)=C/CO.C=CC[C@H](NC(=O)OC(C)(C)C)/C(C)=C/COC(=O)c1ccccc1.PP(P)P(P)P(P(P(P)P)P(P)P)P(P(P(P)P)P(P)P)P(P(P)P)P(P)P.PPP(P(P)P)P(P(P(P)P)P(P)P)P(P(P(P)P)P(P)P)P(P(P)P)P(P)P.